The number of hydrogen-bond donors (Lipinski definition) is 0. The van der Waals surface area contributed by atoms with E-state index in [1.807, 2.05) is 32.9 Å². The first-order valence-corrected chi connectivity index (χ1v) is 12.5. The molecule has 4 rings (SSSR count). The highest BCUT2D eigenvalue weighted by atomic mass is 16.5. The van der Waals surface area contributed by atoms with Gasteiger partial charge < -0.3 is 9.30 Å². The molecule has 0 atom stereocenters. The van der Waals surface area contributed by atoms with Gasteiger partial charge in [0.15, 0.2) is 5.78 Å². The number of piperidine rings is 1. The van der Waals surface area contributed by atoms with Gasteiger partial charge in [-0.15, -0.1) is 0 Å². The smallest absolute Gasteiger partial charge is 0.306 e. The molecule has 0 saturated carbocycles. The lowest BCUT2D eigenvalue weighted by molar-refractivity contribution is -0.143. The number of carbonyl (C=O) groups is 2. The van der Waals surface area contributed by atoms with Crippen LogP contribution in [0.3, 0.4) is 0 Å². The minimum absolute atomic E-state index is 0.139. The molecule has 0 bridgehead atoms. The van der Waals surface area contributed by atoms with Gasteiger partial charge in [0.2, 0.25) is 0 Å². The third-order valence-corrected chi connectivity index (χ3v) is 6.91. The zero-order valence-corrected chi connectivity index (χ0v) is 20.9. The molecule has 0 aliphatic carbocycles. The van der Waals surface area contributed by atoms with E-state index in [1.54, 1.807) is 12.1 Å². The number of likely N-dealkylation sites (tertiary alicyclic amines) is 1. The highest BCUT2D eigenvalue weighted by Gasteiger charge is 2.24. The number of aromatic nitrogens is 1. The van der Waals surface area contributed by atoms with Gasteiger partial charge in [0, 0.05) is 28.8 Å². The van der Waals surface area contributed by atoms with Crippen LogP contribution in [0.25, 0.3) is 16.6 Å². The van der Waals surface area contributed by atoms with Gasteiger partial charge in [-0.3, -0.25) is 14.5 Å². The molecular weight excluding hydrogens is 438 g/mol. The SMILES string of the molecule is CCOC(=O)CCc1cc2c(cc1C)c(C(=O)CN1CCCCC1)c(C)n2-c1ccc(C#N)cc1. The zero-order valence-electron chi connectivity index (χ0n) is 20.9. The molecule has 6 nitrogen and oxygen atoms in total. The fraction of sp³-hybridized carbons (Fsp3) is 0.414. The maximum Gasteiger partial charge on any atom is 0.306 e. The Bertz CT molecular complexity index is 1280. The summed E-state index contributed by atoms with van der Waals surface area (Å²) in [4.78, 5) is 27.9. The Labute approximate surface area is 207 Å². The fourth-order valence-electron chi connectivity index (χ4n) is 5.12. The Kier molecular flexibility index (Phi) is 7.67. The van der Waals surface area contributed by atoms with Crippen molar-refractivity contribution in [3.8, 4) is 11.8 Å². The first-order chi connectivity index (χ1) is 16.9. The molecule has 0 spiro atoms. The summed E-state index contributed by atoms with van der Waals surface area (Å²) in [5, 5.41) is 10.2. The van der Waals surface area contributed by atoms with Crippen LogP contribution in [0.2, 0.25) is 0 Å². The monoisotopic (exact) mass is 471 g/mol. The summed E-state index contributed by atoms with van der Waals surface area (Å²) in [6, 6.07) is 13.8. The molecule has 0 N–H and O–H groups in total. The number of esters is 1. The van der Waals surface area contributed by atoms with Crippen molar-refractivity contribution in [1.29, 1.82) is 5.26 Å². The lowest BCUT2D eigenvalue weighted by atomic mass is 9.98. The van der Waals surface area contributed by atoms with Crippen molar-refractivity contribution in [2.24, 2.45) is 0 Å². The lowest BCUT2D eigenvalue weighted by Crippen LogP contribution is -2.34. The summed E-state index contributed by atoms with van der Waals surface area (Å²) in [5.74, 6) is -0.0662. The largest absolute Gasteiger partial charge is 0.466 e. The lowest BCUT2D eigenvalue weighted by Gasteiger charge is -2.25. The molecule has 1 saturated heterocycles. The predicted molar refractivity (Wildman–Crippen MR) is 137 cm³/mol. The summed E-state index contributed by atoms with van der Waals surface area (Å²) in [7, 11) is 0. The van der Waals surface area contributed by atoms with Crippen LogP contribution in [0.5, 0.6) is 0 Å². The number of nitrogens with zero attached hydrogens (tertiary/aromatic N) is 3. The number of benzene rings is 2. The van der Waals surface area contributed by atoms with Gasteiger partial charge >= 0.3 is 5.97 Å². The van der Waals surface area contributed by atoms with Crippen LogP contribution in [-0.4, -0.2) is 47.5 Å². The maximum absolute atomic E-state index is 13.6. The first-order valence-electron chi connectivity index (χ1n) is 12.5. The molecule has 6 heteroatoms. The Balaban J connectivity index is 1.80. The third-order valence-electron chi connectivity index (χ3n) is 6.91. The molecule has 2 aromatic carbocycles. The highest BCUT2D eigenvalue weighted by molar-refractivity contribution is 6.11. The van der Waals surface area contributed by atoms with Crippen LogP contribution in [0.1, 0.15) is 65.3 Å². The second-order valence-corrected chi connectivity index (χ2v) is 9.32. The normalized spacial score (nSPS) is 14.1. The van der Waals surface area contributed by atoms with E-state index >= 15 is 0 Å². The molecule has 182 valence electrons. The van der Waals surface area contributed by atoms with E-state index in [2.05, 4.69) is 27.7 Å². The number of rotatable bonds is 8. The average molecular weight is 472 g/mol. The molecule has 0 amide bonds. The fourth-order valence-corrected chi connectivity index (χ4v) is 5.12. The van der Waals surface area contributed by atoms with Gasteiger partial charge in [-0.2, -0.15) is 5.26 Å². The van der Waals surface area contributed by atoms with E-state index in [4.69, 9.17) is 4.74 Å². The molecule has 1 aliphatic heterocycles. The number of ketones is 1. The number of carbonyl (C=O) groups excluding carboxylic acids is 2. The van der Waals surface area contributed by atoms with E-state index in [0.717, 1.165) is 64.9 Å². The van der Waals surface area contributed by atoms with Crippen LogP contribution in [0.4, 0.5) is 0 Å². The Morgan fingerprint density at radius 3 is 2.43 bits per heavy atom. The van der Waals surface area contributed by atoms with E-state index in [9.17, 15) is 14.9 Å². The van der Waals surface area contributed by atoms with Crippen molar-refractivity contribution >= 4 is 22.7 Å². The van der Waals surface area contributed by atoms with E-state index in [-0.39, 0.29) is 11.8 Å². The number of Topliss-reactive ketones (excluding diaryl/α,β-unsaturated/α-hetero) is 1. The highest BCUT2D eigenvalue weighted by Crippen LogP contribution is 2.33. The Morgan fingerprint density at radius 1 is 1.06 bits per heavy atom. The summed E-state index contributed by atoms with van der Waals surface area (Å²) in [5.41, 5.74) is 6.22. The summed E-state index contributed by atoms with van der Waals surface area (Å²) in [6.45, 7) is 8.58. The van der Waals surface area contributed by atoms with Crippen molar-refractivity contribution in [2.75, 3.05) is 26.2 Å². The molecule has 2 heterocycles. The van der Waals surface area contributed by atoms with Crippen LogP contribution >= 0.6 is 0 Å². The van der Waals surface area contributed by atoms with E-state index in [0.29, 0.717) is 31.6 Å². The first kappa shape index (κ1) is 24.7. The molecule has 1 fully saturated rings. The second kappa shape index (κ2) is 10.9. The van der Waals surface area contributed by atoms with Crippen molar-refractivity contribution in [2.45, 2.75) is 52.9 Å². The third kappa shape index (κ3) is 5.31. The quantitative estimate of drug-likeness (QED) is 0.330. The molecule has 3 aromatic rings. The van der Waals surface area contributed by atoms with Crippen molar-refractivity contribution < 1.29 is 14.3 Å². The number of hydrogen-bond acceptors (Lipinski definition) is 5. The maximum atomic E-state index is 13.6. The summed E-state index contributed by atoms with van der Waals surface area (Å²) < 4.78 is 7.22. The molecule has 1 aliphatic rings. The molecule has 35 heavy (non-hydrogen) atoms. The predicted octanol–water partition coefficient (Wildman–Crippen LogP) is 5.28. The number of nitriles is 1. The van der Waals surface area contributed by atoms with E-state index in [1.165, 1.54) is 6.42 Å². The topological polar surface area (TPSA) is 75.3 Å². The van der Waals surface area contributed by atoms with Crippen molar-refractivity contribution in [3.63, 3.8) is 0 Å². The molecule has 1 aromatic heterocycles. The van der Waals surface area contributed by atoms with Crippen molar-refractivity contribution in [1.82, 2.24) is 9.47 Å². The number of ether oxygens (including phenoxy) is 1. The van der Waals surface area contributed by atoms with Gasteiger partial charge in [0.25, 0.3) is 0 Å². The number of fused-ring (bicyclic) bond motifs is 1. The average Bonchev–Trinajstić information content (AvgIpc) is 3.14. The number of aryl methyl sites for hydroxylation is 2. The Hall–Kier alpha value is -3.43. The molecule has 0 radical (unpaired) electrons. The van der Waals surface area contributed by atoms with Crippen molar-refractivity contribution in [3.05, 3.63) is 64.3 Å². The summed E-state index contributed by atoms with van der Waals surface area (Å²) in [6.07, 6.45) is 4.41. The minimum atomic E-state index is -0.206. The van der Waals surface area contributed by atoms with Gasteiger partial charge in [0.1, 0.15) is 0 Å². The van der Waals surface area contributed by atoms with Gasteiger partial charge in [-0.05, 0) is 101 Å². The van der Waals surface area contributed by atoms with Crippen LogP contribution in [0.15, 0.2) is 36.4 Å². The van der Waals surface area contributed by atoms with E-state index < -0.39 is 0 Å². The minimum Gasteiger partial charge on any atom is -0.466 e. The molecular formula is C29H33N3O3. The Morgan fingerprint density at radius 2 is 1.77 bits per heavy atom. The standard InChI is InChI=1S/C29H33N3O3/c1-4-35-28(34)13-10-23-17-26-25(16-20(23)2)29(27(33)19-31-14-6-5-7-15-31)21(3)32(26)24-11-8-22(18-30)9-12-24/h8-9,11-12,16-17H,4-7,10,13-15,19H2,1-3H3. The summed E-state index contributed by atoms with van der Waals surface area (Å²) >= 11 is 0. The van der Waals surface area contributed by atoms with Gasteiger partial charge in [0.05, 0.1) is 30.3 Å². The zero-order chi connectivity index (χ0) is 24.9. The van der Waals surface area contributed by atoms with Crippen LogP contribution in [-0.2, 0) is 16.0 Å². The molecule has 0 unspecified atom stereocenters. The van der Waals surface area contributed by atoms with Gasteiger partial charge in [-0.1, -0.05) is 6.42 Å². The second-order valence-electron chi connectivity index (χ2n) is 9.32. The van der Waals surface area contributed by atoms with Crippen LogP contribution < -0.4 is 0 Å². The van der Waals surface area contributed by atoms with Gasteiger partial charge in [-0.25, -0.2) is 0 Å². The van der Waals surface area contributed by atoms with Crippen LogP contribution in [0, 0.1) is 25.2 Å².